The molecule has 0 aliphatic carbocycles. The molecule has 0 aliphatic rings. The summed E-state index contributed by atoms with van der Waals surface area (Å²) in [7, 11) is 1.54. The van der Waals surface area contributed by atoms with Crippen molar-refractivity contribution in [1.29, 1.82) is 0 Å². The fourth-order valence-electron chi connectivity index (χ4n) is 0.957. The smallest absolute Gasteiger partial charge is 0.197 e. The van der Waals surface area contributed by atoms with Crippen LogP contribution in [0.15, 0.2) is 23.9 Å². The Balaban J connectivity index is 3.25. The Labute approximate surface area is 76.2 Å². The zero-order chi connectivity index (χ0) is 9.84. The lowest BCUT2D eigenvalue weighted by atomic mass is 10.2. The van der Waals surface area contributed by atoms with Crippen molar-refractivity contribution in [3.8, 4) is 5.75 Å². The Hall–Kier alpha value is -1.71. The standard InChI is InChI=1S/C9H10N2O2/c1-6(2)9-7(13-3)4-5-8(10-9)11-12/h4-5H,1H2,2-3H3. The van der Waals surface area contributed by atoms with Crippen molar-refractivity contribution in [2.45, 2.75) is 6.92 Å². The maximum Gasteiger partial charge on any atom is 0.197 e. The minimum Gasteiger partial charge on any atom is -0.494 e. The van der Waals surface area contributed by atoms with Gasteiger partial charge in [-0.15, -0.1) is 4.91 Å². The molecule has 0 saturated carbocycles. The molecule has 1 rings (SSSR count). The molecule has 4 heteroatoms. The maximum atomic E-state index is 10.2. The fourth-order valence-corrected chi connectivity index (χ4v) is 0.957. The van der Waals surface area contributed by atoms with Crippen LogP contribution in [0.25, 0.3) is 5.57 Å². The molecule has 0 spiro atoms. The van der Waals surface area contributed by atoms with Gasteiger partial charge >= 0.3 is 0 Å². The number of rotatable bonds is 3. The molecule has 0 amide bonds. The maximum absolute atomic E-state index is 10.2. The molecular formula is C9H10N2O2. The fraction of sp³-hybridized carbons (Fsp3) is 0.222. The molecule has 0 fully saturated rings. The predicted molar refractivity (Wildman–Crippen MR) is 51.0 cm³/mol. The van der Waals surface area contributed by atoms with Crippen molar-refractivity contribution in [3.05, 3.63) is 29.3 Å². The van der Waals surface area contributed by atoms with E-state index < -0.39 is 0 Å². The van der Waals surface area contributed by atoms with E-state index in [-0.39, 0.29) is 5.82 Å². The number of hydrogen-bond acceptors (Lipinski definition) is 4. The SMILES string of the molecule is C=C(C)c1nc(N=O)ccc1OC. The minimum atomic E-state index is 0.138. The summed E-state index contributed by atoms with van der Waals surface area (Å²) in [6.45, 7) is 5.51. The van der Waals surface area contributed by atoms with E-state index in [0.717, 1.165) is 5.57 Å². The molecule has 4 nitrogen and oxygen atoms in total. The molecular weight excluding hydrogens is 168 g/mol. The van der Waals surface area contributed by atoms with Crippen LogP contribution in [0, 0.1) is 4.91 Å². The number of hydrogen-bond donors (Lipinski definition) is 0. The van der Waals surface area contributed by atoms with Gasteiger partial charge in [0, 0.05) is 0 Å². The molecule has 1 aromatic rings. The van der Waals surface area contributed by atoms with Crippen molar-refractivity contribution in [3.63, 3.8) is 0 Å². The lowest BCUT2D eigenvalue weighted by Crippen LogP contribution is -1.92. The van der Waals surface area contributed by atoms with Gasteiger partial charge in [-0.25, -0.2) is 4.98 Å². The van der Waals surface area contributed by atoms with Gasteiger partial charge in [-0.2, -0.15) is 0 Å². The van der Waals surface area contributed by atoms with Crippen molar-refractivity contribution >= 4 is 11.4 Å². The van der Waals surface area contributed by atoms with Crippen LogP contribution in [0.2, 0.25) is 0 Å². The number of nitrogens with zero attached hydrogens (tertiary/aromatic N) is 2. The second-order valence-corrected chi connectivity index (χ2v) is 2.59. The van der Waals surface area contributed by atoms with E-state index >= 15 is 0 Å². The zero-order valence-electron chi connectivity index (χ0n) is 7.57. The molecule has 1 aromatic heterocycles. The third kappa shape index (κ3) is 1.90. The summed E-state index contributed by atoms with van der Waals surface area (Å²) in [5.74, 6) is 0.735. The van der Waals surface area contributed by atoms with E-state index in [1.807, 2.05) is 0 Å². The molecule has 0 bridgehead atoms. The molecule has 0 unspecified atom stereocenters. The first-order chi connectivity index (χ1) is 6.19. The number of ether oxygens (including phenoxy) is 1. The normalized spacial score (nSPS) is 9.38. The molecule has 1 heterocycles. The summed E-state index contributed by atoms with van der Waals surface area (Å²) in [5.41, 5.74) is 1.31. The Morgan fingerprint density at radius 1 is 1.62 bits per heavy atom. The number of aromatic nitrogens is 1. The molecule has 68 valence electrons. The summed E-state index contributed by atoms with van der Waals surface area (Å²) in [5, 5.41) is 2.73. The van der Waals surface area contributed by atoms with Gasteiger partial charge in [0.1, 0.15) is 11.4 Å². The van der Waals surface area contributed by atoms with Crippen molar-refractivity contribution in [1.82, 2.24) is 4.98 Å². The predicted octanol–water partition coefficient (Wildman–Crippen LogP) is 2.52. The largest absolute Gasteiger partial charge is 0.494 e. The Morgan fingerprint density at radius 2 is 2.31 bits per heavy atom. The second-order valence-electron chi connectivity index (χ2n) is 2.59. The molecule has 0 N–H and O–H groups in total. The molecule has 0 saturated heterocycles. The summed E-state index contributed by atoms with van der Waals surface area (Å²) in [6, 6.07) is 3.14. The molecule has 0 atom stereocenters. The first-order valence-corrected chi connectivity index (χ1v) is 3.73. The highest BCUT2D eigenvalue weighted by atomic mass is 16.5. The van der Waals surface area contributed by atoms with Gasteiger partial charge in [-0.3, -0.25) is 0 Å². The quantitative estimate of drug-likeness (QED) is 0.668. The summed E-state index contributed by atoms with van der Waals surface area (Å²) >= 11 is 0. The van der Waals surface area contributed by atoms with Crippen LogP contribution in [-0.4, -0.2) is 12.1 Å². The topological polar surface area (TPSA) is 51.5 Å². The third-order valence-electron chi connectivity index (χ3n) is 1.56. The van der Waals surface area contributed by atoms with Gasteiger partial charge in [0.2, 0.25) is 0 Å². The van der Waals surface area contributed by atoms with E-state index in [9.17, 15) is 4.91 Å². The highest BCUT2D eigenvalue weighted by Gasteiger charge is 2.06. The lowest BCUT2D eigenvalue weighted by Gasteiger charge is -2.06. The van der Waals surface area contributed by atoms with Gasteiger partial charge in [0.25, 0.3) is 0 Å². The summed E-state index contributed by atoms with van der Waals surface area (Å²) in [6.07, 6.45) is 0. The highest BCUT2D eigenvalue weighted by Crippen LogP contribution is 2.25. The lowest BCUT2D eigenvalue weighted by molar-refractivity contribution is 0.411. The van der Waals surface area contributed by atoms with Crippen LogP contribution in [0.1, 0.15) is 12.6 Å². The van der Waals surface area contributed by atoms with Crippen LogP contribution in [0.3, 0.4) is 0 Å². The average Bonchev–Trinajstić information content (AvgIpc) is 2.16. The van der Waals surface area contributed by atoms with E-state index in [0.29, 0.717) is 11.4 Å². The number of nitroso groups, excluding NO2 is 1. The summed E-state index contributed by atoms with van der Waals surface area (Å²) < 4.78 is 5.04. The third-order valence-corrected chi connectivity index (χ3v) is 1.56. The minimum absolute atomic E-state index is 0.138. The van der Waals surface area contributed by atoms with Crippen LogP contribution >= 0.6 is 0 Å². The Bertz CT molecular complexity index is 347. The first kappa shape index (κ1) is 9.38. The first-order valence-electron chi connectivity index (χ1n) is 3.73. The van der Waals surface area contributed by atoms with E-state index in [1.54, 1.807) is 13.0 Å². The van der Waals surface area contributed by atoms with Gasteiger partial charge in [0.15, 0.2) is 5.82 Å². The van der Waals surface area contributed by atoms with Gasteiger partial charge < -0.3 is 4.74 Å². The van der Waals surface area contributed by atoms with Crippen molar-refractivity contribution in [2.24, 2.45) is 5.18 Å². The van der Waals surface area contributed by atoms with Crippen LogP contribution in [0.5, 0.6) is 5.75 Å². The molecule has 0 aromatic carbocycles. The Morgan fingerprint density at radius 3 is 2.77 bits per heavy atom. The summed E-state index contributed by atoms with van der Waals surface area (Å²) in [4.78, 5) is 14.2. The Kier molecular flexibility index (Phi) is 2.74. The van der Waals surface area contributed by atoms with Crippen LogP contribution in [-0.2, 0) is 0 Å². The number of pyridine rings is 1. The van der Waals surface area contributed by atoms with E-state index in [1.165, 1.54) is 13.2 Å². The van der Waals surface area contributed by atoms with Gasteiger partial charge in [-0.05, 0) is 29.8 Å². The monoisotopic (exact) mass is 178 g/mol. The zero-order valence-corrected chi connectivity index (χ0v) is 7.57. The van der Waals surface area contributed by atoms with E-state index in [4.69, 9.17) is 4.74 Å². The van der Waals surface area contributed by atoms with Gasteiger partial charge in [-0.1, -0.05) is 6.58 Å². The van der Waals surface area contributed by atoms with E-state index in [2.05, 4.69) is 16.7 Å². The van der Waals surface area contributed by atoms with Crippen LogP contribution < -0.4 is 4.74 Å². The number of allylic oxidation sites excluding steroid dienone is 1. The highest BCUT2D eigenvalue weighted by molar-refractivity contribution is 5.65. The number of methoxy groups -OCH3 is 1. The van der Waals surface area contributed by atoms with Crippen LogP contribution in [0.4, 0.5) is 5.82 Å². The average molecular weight is 178 g/mol. The van der Waals surface area contributed by atoms with Crippen molar-refractivity contribution < 1.29 is 4.74 Å². The van der Waals surface area contributed by atoms with Gasteiger partial charge in [0.05, 0.1) is 7.11 Å². The molecule has 0 radical (unpaired) electrons. The second kappa shape index (κ2) is 3.80. The molecule has 0 aliphatic heterocycles. The van der Waals surface area contributed by atoms with Crippen molar-refractivity contribution in [2.75, 3.05) is 7.11 Å². The molecule has 13 heavy (non-hydrogen) atoms.